The molecule has 0 bridgehead atoms. The lowest BCUT2D eigenvalue weighted by molar-refractivity contribution is -0.391. The van der Waals surface area contributed by atoms with Gasteiger partial charge in [-0.25, -0.2) is 8.78 Å². The van der Waals surface area contributed by atoms with Crippen LogP contribution in [-0.2, 0) is 6.54 Å². The minimum atomic E-state index is -3.05. The van der Waals surface area contributed by atoms with Crippen molar-refractivity contribution in [3.05, 3.63) is 27.4 Å². The molecule has 6 nitrogen and oxygen atoms in total. The highest BCUT2D eigenvalue weighted by Crippen LogP contribution is 2.37. The first-order chi connectivity index (χ1) is 7.52. The van der Waals surface area contributed by atoms with Gasteiger partial charge in [-0.05, 0) is 9.91 Å². The summed E-state index contributed by atoms with van der Waals surface area (Å²) in [5.41, 5.74) is 4.65. The third-order valence-corrected chi connectivity index (χ3v) is 1.94. The molecule has 16 heavy (non-hydrogen) atoms. The molecule has 0 atom stereocenters. The molecule has 0 spiro atoms. The van der Waals surface area contributed by atoms with Crippen molar-refractivity contribution >= 4 is 5.82 Å². The zero-order valence-corrected chi connectivity index (χ0v) is 8.31. The number of hydrogen-bond donors (Lipinski definition) is 1. The number of hydrogen-bond acceptors (Lipinski definition) is 5. The number of methoxy groups -OCH3 is 1. The highest BCUT2D eigenvalue weighted by Gasteiger charge is 2.30. The molecule has 0 saturated heterocycles. The van der Waals surface area contributed by atoms with Gasteiger partial charge in [0.2, 0.25) is 0 Å². The third kappa shape index (κ3) is 2.06. The Kier molecular flexibility index (Phi) is 3.67. The van der Waals surface area contributed by atoms with Crippen molar-refractivity contribution in [3.8, 4) is 5.75 Å². The van der Waals surface area contributed by atoms with E-state index in [1.165, 1.54) is 0 Å². The summed E-state index contributed by atoms with van der Waals surface area (Å²) < 4.78 is 30.1. The fourth-order valence-corrected chi connectivity index (χ4v) is 1.27. The van der Waals surface area contributed by atoms with Crippen LogP contribution < -0.4 is 10.5 Å². The molecule has 1 heterocycles. The standard InChI is InChI=1S/C8H9F2N3O3/c1-16-6-4(2-11)3-12-8(13(14)15)5(6)7(9)10/h3,7H,2,11H2,1H3. The van der Waals surface area contributed by atoms with Crippen LogP contribution >= 0.6 is 0 Å². The van der Waals surface area contributed by atoms with Crippen LogP contribution in [0.15, 0.2) is 6.20 Å². The molecule has 2 N–H and O–H groups in total. The zero-order valence-electron chi connectivity index (χ0n) is 8.31. The van der Waals surface area contributed by atoms with Gasteiger partial charge in [0.05, 0.1) is 12.7 Å². The summed E-state index contributed by atoms with van der Waals surface area (Å²) in [6.07, 6.45) is -1.99. The molecule has 0 aliphatic heterocycles. The molecule has 0 saturated carbocycles. The van der Waals surface area contributed by atoms with Crippen molar-refractivity contribution in [3.63, 3.8) is 0 Å². The topological polar surface area (TPSA) is 91.3 Å². The second-order valence-electron chi connectivity index (χ2n) is 2.82. The van der Waals surface area contributed by atoms with Gasteiger partial charge in [-0.3, -0.25) is 0 Å². The number of halogens is 2. The predicted octanol–water partition coefficient (Wildman–Crippen LogP) is 1.39. The molecule has 1 aromatic heterocycles. The summed E-state index contributed by atoms with van der Waals surface area (Å²) in [5.74, 6) is -1.19. The van der Waals surface area contributed by atoms with Gasteiger partial charge < -0.3 is 20.6 Å². The molecule has 0 unspecified atom stereocenters. The van der Waals surface area contributed by atoms with Crippen LogP contribution in [0.4, 0.5) is 14.6 Å². The maximum atomic E-state index is 12.7. The smallest absolute Gasteiger partial charge is 0.376 e. The fourth-order valence-electron chi connectivity index (χ4n) is 1.27. The van der Waals surface area contributed by atoms with Crippen molar-refractivity contribution in [2.45, 2.75) is 13.0 Å². The quantitative estimate of drug-likeness (QED) is 0.626. The number of rotatable bonds is 4. The lowest BCUT2D eigenvalue weighted by Crippen LogP contribution is -2.07. The molecular weight excluding hydrogens is 224 g/mol. The third-order valence-electron chi connectivity index (χ3n) is 1.94. The van der Waals surface area contributed by atoms with Crippen molar-refractivity contribution in [2.24, 2.45) is 5.73 Å². The van der Waals surface area contributed by atoms with Crippen LogP contribution in [0.5, 0.6) is 5.75 Å². The van der Waals surface area contributed by atoms with E-state index in [2.05, 4.69) is 4.98 Å². The van der Waals surface area contributed by atoms with Crippen LogP contribution in [0.2, 0.25) is 0 Å². The molecular formula is C8H9F2N3O3. The summed E-state index contributed by atoms with van der Waals surface area (Å²) in [6, 6.07) is 0. The second-order valence-corrected chi connectivity index (χ2v) is 2.82. The lowest BCUT2D eigenvalue weighted by atomic mass is 10.1. The molecule has 0 amide bonds. The Bertz CT molecular complexity index is 412. The Morgan fingerprint density at radius 3 is 2.69 bits per heavy atom. The van der Waals surface area contributed by atoms with Crippen LogP contribution in [-0.4, -0.2) is 17.0 Å². The molecule has 0 aromatic carbocycles. The Morgan fingerprint density at radius 1 is 1.69 bits per heavy atom. The molecule has 1 aromatic rings. The van der Waals surface area contributed by atoms with Crippen LogP contribution in [0.25, 0.3) is 0 Å². The van der Waals surface area contributed by atoms with E-state index in [0.29, 0.717) is 0 Å². The maximum Gasteiger partial charge on any atom is 0.376 e. The molecule has 88 valence electrons. The van der Waals surface area contributed by atoms with Crippen LogP contribution in [0, 0.1) is 10.1 Å². The largest absolute Gasteiger partial charge is 0.495 e. The number of alkyl halides is 2. The van der Waals surface area contributed by atoms with E-state index in [-0.39, 0.29) is 17.9 Å². The SMILES string of the molecule is COc1c(CN)cnc([N+](=O)[O-])c1C(F)F. The van der Waals surface area contributed by atoms with E-state index >= 15 is 0 Å². The van der Waals surface area contributed by atoms with Crippen molar-refractivity contribution in [1.29, 1.82) is 0 Å². The molecule has 1 rings (SSSR count). The first kappa shape index (κ1) is 12.2. The fraction of sp³-hybridized carbons (Fsp3) is 0.375. The highest BCUT2D eigenvalue weighted by molar-refractivity contribution is 5.49. The van der Waals surface area contributed by atoms with Gasteiger partial charge in [0.25, 0.3) is 6.43 Å². The van der Waals surface area contributed by atoms with Crippen molar-refractivity contribution < 1.29 is 18.4 Å². The summed E-state index contributed by atoms with van der Waals surface area (Å²) in [6.45, 7) is -0.0894. The zero-order chi connectivity index (χ0) is 12.3. The monoisotopic (exact) mass is 233 g/mol. The van der Waals surface area contributed by atoms with Gasteiger partial charge in [0.15, 0.2) is 5.56 Å². The molecule has 0 aliphatic carbocycles. The average Bonchev–Trinajstić information content (AvgIpc) is 2.26. The van der Waals surface area contributed by atoms with Crippen LogP contribution in [0.1, 0.15) is 17.6 Å². The average molecular weight is 233 g/mol. The minimum Gasteiger partial charge on any atom is -0.495 e. The lowest BCUT2D eigenvalue weighted by Gasteiger charge is -2.10. The Hall–Kier alpha value is -1.83. The summed E-state index contributed by atoms with van der Waals surface area (Å²) in [5, 5.41) is 10.5. The van der Waals surface area contributed by atoms with E-state index in [0.717, 1.165) is 13.3 Å². The first-order valence-electron chi connectivity index (χ1n) is 4.21. The molecule has 8 heteroatoms. The first-order valence-corrected chi connectivity index (χ1v) is 4.21. The number of ether oxygens (including phenoxy) is 1. The van der Waals surface area contributed by atoms with Gasteiger partial charge in [-0.15, -0.1) is 0 Å². The number of nitrogens with zero attached hydrogens (tertiary/aromatic N) is 2. The predicted molar refractivity (Wildman–Crippen MR) is 50.3 cm³/mol. The second kappa shape index (κ2) is 4.79. The number of nitrogens with two attached hydrogens (primary N) is 1. The van der Waals surface area contributed by atoms with Crippen molar-refractivity contribution in [2.75, 3.05) is 7.11 Å². The van der Waals surface area contributed by atoms with Gasteiger partial charge in [-0.2, -0.15) is 0 Å². The number of pyridine rings is 1. The normalized spacial score (nSPS) is 10.6. The minimum absolute atomic E-state index is 0.0894. The van der Waals surface area contributed by atoms with E-state index < -0.39 is 22.7 Å². The Balaban J connectivity index is 3.50. The Labute approximate surface area is 89.2 Å². The molecule has 0 aliphatic rings. The van der Waals surface area contributed by atoms with Crippen LogP contribution in [0.3, 0.4) is 0 Å². The molecule has 0 fully saturated rings. The summed E-state index contributed by atoms with van der Waals surface area (Å²) >= 11 is 0. The van der Waals surface area contributed by atoms with Gasteiger partial charge in [0.1, 0.15) is 11.9 Å². The summed E-state index contributed by atoms with van der Waals surface area (Å²) in [4.78, 5) is 12.9. The van der Waals surface area contributed by atoms with Gasteiger partial charge in [-0.1, -0.05) is 0 Å². The van der Waals surface area contributed by atoms with E-state index in [4.69, 9.17) is 10.5 Å². The summed E-state index contributed by atoms with van der Waals surface area (Å²) in [7, 11) is 1.14. The molecule has 0 radical (unpaired) electrons. The van der Waals surface area contributed by atoms with E-state index in [1.54, 1.807) is 0 Å². The number of nitro groups is 1. The maximum absolute atomic E-state index is 12.7. The highest BCUT2D eigenvalue weighted by atomic mass is 19.3. The van der Waals surface area contributed by atoms with E-state index in [1.807, 2.05) is 0 Å². The van der Waals surface area contributed by atoms with Gasteiger partial charge >= 0.3 is 5.82 Å². The number of aromatic nitrogens is 1. The van der Waals surface area contributed by atoms with Crippen molar-refractivity contribution in [1.82, 2.24) is 4.98 Å². The Morgan fingerprint density at radius 2 is 2.31 bits per heavy atom. The van der Waals surface area contributed by atoms with Gasteiger partial charge in [0, 0.05) is 6.54 Å². The van der Waals surface area contributed by atoms with E-state index in [9.17, 15) is 18.9 Å².